The Morgan fingerprint density at radius 1 is 1.29 bits per heavy atom. The lowest BCUT2D eigenvalue weighted by Crippen LogP contribution is -2.34. The van der Waals surface area contributed by atoms with Gasteiger partial charge in [-0.15, -0.1) is 0 Å². The lowest BCUT2D eigenvalue weighted by atomic mass is 10.2. The zero-order valence-corrected chi connectivity index (χ0v) is 11.2. The van der Waals surface area contributed by atoms with E-state index in [0.717, 1.165) is 25.1 Å². The van der Waals surface area contributed by atoms with E-state index in [1.54, 1.807) is 10.9 Å². The van der Waals surface area contributed by atoms with Gasteiger partial charge in [-0.25, -0.2) is 9.97 Å². The maximum atomic E-state index is 12.7. The second-order valence-electron chi connectivity index (χ2n) is 4.96. The van der Waals surface area contributed by atoms with Crippen molar-refractivity contribution in [3.8, 4) is 0 Å². The maximum Gasteiger partial charge on any atom is 0.433 e. The van der Waals surface area contributed by atoms with Crippen LogP contribution in [0.3, 0.4) is 0 Å². The highest BCUT2D eigenvalue weighted by molar-refractivity contribution is 5.34. The van der Waals surface area contributed by atoms with Crippen molar-refractivity contribution in [3.05, 3.63) is 36.4 Å². The third-order valence-electron chi connectivity index (χ3n) is 3.52. The topological polar surface area (TPSA) is 46.8 Å². The molecule has 1 saturated heterocycles. The Morgan fingerprint density at radius 2 is 2.14 bits per heavy atom. The second-order valence-corrected chi connectivity index (χ2v) is 4.96. The molecule has 0 N–H and O–H groups in total. The lowest BCUT2D eigenvalue weighted by Gasteiger charge is -2.25. The number of alkyl halides is 3. The molecule has 1 aliphatic heterocycles. The van der Waals surface area contributed by atoms with Gasteiger partial charge in [-0.1, -0.05) is 0 Å². The first-order valence-corrected chi connectivity index (χ1v) is 6.68. The van der Waals surface area contributed by atoms with Crippen LogP contribution in [0.1, 0.15) is 18.5 Å². The van der Waals surface area contributed by atoms with Gasteiger partial charge in [0.1, 0.15) is 5.69 Å². The molecule has 112 valence electrons. The normalized spacial score (nSPS) is 19.2. The van der Waals surface area contributed by atoms with Crippen LogP contribution in [0.25, 0.3) is 0 Å². The summed E-state index contributed by atoms with van der Waals surface area (Å²) in [5.74, 6) is 0.138. The minimum atomic E-state index is -4.45. The van der Waals surface area contributed by atoms with Crippen LogP contribution >= 0.6 is 0 Å². The van der Waals surface area contributed by atoms with Crippen LogP contribution in [0, 0.1) is 0 Å². The third-order valence-corrected chi connectivity index (χ3v) is 3.52. The second kappa shape index (κ2) is 5.34. The molecule has 5 nitrogen and oxygen atoms in total. The van der Waals surface area contributed by atoms with Crippen molar-refractivity contribution in [3.63, 3.8) is 0 Å². The van der Waals surface area contributed by atoms with Gasteiger partial charge in [-0.05, 0) is 25.0 Å². The average Bonchev–Trinajstić information content (AvgIpc) is 3.10. The molecule has 1 fully saturated rings. The molecular formula is C13H14F3N5. The molecule has 8 heteroatoms. The summed E-state index contributed by atoms with van der Waals surface area (Å²) in [6, 6.07) is 2.77. The zero-order chi connectivity index (χ0) is 14.9. The Labute approximate surface area is 119 Å². The van der Waals surface area contributed by atoms with E-state index in [4.69, 9.17) is 0 Å². The van der Waals surface area contributed by atoms with Crippen LogP contribution in [-0.2, 0) is 12.7 Å². The van der Waals surface area contributed by atoms with Gasteiger partial charge >= 0.3 is 6.18 Å². The SMILES string of the molecule is FC(F)(F)c1ccnc(N2CCC[C@@H]2Cn2cccn2)n1. The van der Waals surface area contributed by atoms with Crippen molar-refractivity contribution in [2.75, 3.05) is 11.4 Å². The van der Waals surface area contributed by atoms with Crippen molar-refractivity contribution in [2.45, 2.75) is 31.6 Å². The van der Waals surface area contributed by atoms with E-state index in [-0.39, 0.29) is 12.0 Å². The summed E-state index contributed by atoms with van der Waals surface area (Å²) in [6.07, 6.45) is 2.03. The van der Waals surface area contributed by atoms with Gasteiger partial charge in [0.05, 0.1) is 12.6 Å². The summed E-state index contributed by atoms with van der Waals surface area (Å²) in [4.78, 5) is 9.50. The quantitative estimate of drug-likeness (QED) is 0.872. The van der Waals surface area contributed by atoms with Crippen LogP contribution in [-0.4, -0.2) is 32.3 Å². The van der Waals surface area contributed by atoms with Crippen molar-refractivity contribution in [2.24, 2.45) is 0 Å². The number of rotatable bonds is 3. The lowest BCUT2D eigenvalue weighted by molar-refractivity contribution is -0.141. The van der Waals surface area contributed by atoms with E-state index >= 15 is 0 Å². The van der Waals surface area contributed by atoms with Crippen molar-refractivity contribution >= 4 is 5.95 Å². The first-order chi connectivity index (χ1) is 10.0. The van der Waals surface area contributed by atoms with Gasteiger partial charge in [-0.2, -0.15) is 18.3 Å². The van der Waals surface area contributed by atoms with Crippen molar-refractivity contribution < 1.29 is 13.2 Å². The molecule has 0 amide bonds. The fourth-order valence-electron chi connectivity index (χ4n) is 2.56. The molecule has 0 spiro atoms. The summed E-state index contributed by atoms with van der Waals surface area (Å²) in [5.41, 5.74) is -0.905. The highest BCUT2D eigenvalue weighted by atomic mass is 19.4. The molecule has 0 bridgehead atoms. The Bertz CT molecular complexity index is 596. The molecule has 3 rings (SSSR count). The molecule has 1 atom stereocenters. The standard InChI is InChI=1S/C13H14F3N5/c14-13(15,16)11-4-6-17-12(19-11)21-8-1-3-10(21)9-20-7-2-5-18-20/h2,4-7,10H,1,3,8-9H2/t10-/m1/s1. The van der Waals surface area contributed by atoms with Crippen LogP contribution in [0.15, 0.2) is 30.7 Å². The molecule has 3 heterocycles. The number of anilines is 1. The Balaban J connectivity index is 1.82. The van der Waals surface area contributed by atoms with Crippen LogP contribution in [0.4, 0.5) is 19.1 Å². The summed E-state index contributed by atoms with van der Waals surface area (Å²) in [6.45, 7) is 1.28. The molecule has 1 aliphatic rings. The molecule has 2 aromatic heterocycles. The molecular weight excluding hydrogens is 283 g/mol. The van der Waals surface area contributed by atoms with Gasteiger partial charge in [-0.3, -0.25) is 4.68 Å². The highest BCUT2D eigenvalue weighted by Crippen LogP contribution is 2.30. The molecule has 0 saturated carbocycles. The molecule has 21 heavy (non-hydrogen) atoms. The smallest absolute Gasteiger partial charge is 0.336 e. The minimum Gasteiger partial charge on any atom is -0.336 e. The minimum absolute atomic E-state index is 0.0633. The summed E-state index contributed by atoms with van der Waals surface area (Å²) < 4.78 is 40.0. The summed E-state index contributed by atoms with van der Waals surface area (Å²) in [5, 5.41) is 4.13. The molecule has 0 unspecified atom stereocenters. The van der Waals surface area contributed by atoms with E-state index in [1.807, 2.05) is 17.2 Å². The fraction of sp³-hybridized carbons (Fsp3) is 0.462. The highest BCUT2D eigenvalue weighted by Gasteiger charge is 2.34. The fourth-order valence-corrected chi connectivity index (χ4v) is 2.56. The van der Waals surface area contributed by atoms with Crippen molar-refractivity contribution in [1.29, 1.82) is 0 Å². The number of hydrogen-bond donors (Lipinski definition) is 0. The van der Waals surface area contributed by atoms with E-state index in [0.29, 0.717) is 13.1 Å². The van der Waals surface area contributed by atoms with Crippen LogP contribution in [0.5, 0.6) is 0 Å². The van der Waals surface area contributed by atoms with E-state index in [2.05, 4.69) is 15.1 Å². The number of hydrogen-bond acceptors (Lipinski definition) is 4. The van der Waals surface area contributed by atoms with Gasteiger partial charge in [0.15, 0.2) is 0 Å². The maximum absolute atomic E-state index is 12.7. The van der Waals surface area contributed by atoms with E-state index in [9.17, 15) is 13.2 Å². The Kier molecular flexibility index (Phi) is 3.52. The van der Waals surface area contributed by atoms with Crippen molar-refractivity contribution in [1.82, 2.24) is 19.7 Å². The predicted octanol–water partition coefficient (Wildman–Crippen LogP) is 2.36. The monoisotopic (exact) mass is 297 g/mol. The van der Waals surface area contributed by atoms with Crippen LogP contribution in [0.2, 0.25) is 0 Å². The van der Waals surface area contributed by atoms with Gasteiger partial charge in [0.2, 0.25) is 5.95 Å². The first-order valence-electron chi connectivity index (χ1n) is 6.68. The molecule has 0 aromatic carbocycles. The zero-order valence-electron chi connectivity index (χ0n) is 11.2. The number of halogens is 3. The first kappa shape index (κ1) is 13.8. The molecule has 2 aromatic rings. The number of nitrogens with zero attached hydrogens (tertiary/aromatic N) is 5. The largest absolute Gasteiger partial charge is 0.433 e. The number of aromatic nitrogens is 4. The van der Waals surface area contributed by atoms with Gasteiger partial charge < -0.3 is 4.90 Å². The predicted molar refractivity (Wildman–Crippen MR) is 69.6 cm³/mol. The third kappa shape index (κ3) is 2.98. The van der Waals surface area contributed by atoms with E-state index in [1.165, 1.54) is 0 Å². The Hall–Kier alpha value is -2.12. The van der Waals surface area contributed by atoms with Crippen LogP contribution < -0.4 is 4.90 Å². The van der Waals surface area contributed by atoms with Gasteiger partial charge in [0.25, 0.3) is 0 Å². The van der Waals surface area contributed by atoms with E-state index < -0.39 is 11.9 Å². The summed E-state index contributed by atoms with van der Waals surface area (Å²) in [7, 11) is 0. The molecule has 0 aliphatic carbocycles. The Morgan fingerprint density at radius 3 is 2.86 bits per heavy atom. The molecule has 0 radical (unpaired) electrons. The average molecular weight is 297 g/mol. The van der Waals surface area contributed by atoms with Gasteiger partial charge in [0, 0.05) is 25.1 Å². The summed E-state index contributed by atoms with van der Waals surface area (Å²) >= 11 is 0.